The minimum absolute atomic E-state index is 0.121. The van der Waals surface area contributed by atoms with Crippen LogP contribution in [0.25, 0.3) is 10.2 Å². The Morgan fingerprint density at radius 1 is 1.35 bits per heavy atom. The number of aromatic nitrogens is 2. The number of thiophene rings is 1. The van der Waals surface area contributed by atoms with Crippen molar-refractivity contribution in [3.63, 3.8) is 0 Å². The molecule has 1 aliphatic rings. The summed E-state index contributed by atoms with van der Waals surface area (Å²) < 4.78 is 1.15. The predicted octanol–water partition coefficient (Wildman–Crippen LogP) is 1.73. The molecule has 1 aliphatic heterocycles. The van der Waals surface area contributed by atoms with E-state index in [0.29, 0.717) is 6.54 Å². The molecule has 2 aromatic heterocycles. The maximum absolute atomic E-state index is 12.0. The zero-order chi connectivity index (χ0) is 16.2. The Labute approximate surface area is 140 Å². The molecule has 0 saturated carbocycles. The van der Waals surface area contributed by atoms with Crippen molar-refractivity contribution in [1.29, 1.82) is 0 Å². The Morgan fingerprint density at radius 2 is 2.13 bits per heavy atom. The van der Waals surface area contributed by atoms with Crippen molar-refractivity contribution < 1.29 is 4.79 Å². The van der Waals surface area contributed by atoms with Crippen molar-refractivity contribution >= 4 is 33.3 Å². The average Bonchev–Trinajstić information content (AvgIpc) is 3.04. The van der Waals surface area contributed by atoms with Crippen LogP contribution in [0.3, 0.4) is 0 Å². The smallest absolute Gasteiger partial charge is 0.234 e. The molecule has 0 radical (unpaired) electrons. The molecule has 3 rings (SSSR count). The molecule has 23 heavy (non-hydrogen) atoms. The van der Waals surface area contributed by atoms with Crippen molar-refractivity contribution in [2.75, 3.05) is 37.6 Å². The lowest BCUT2D eigenvalue weighted by Gasteiger charge is -2.35. The van der Waals surface area contributed by atoms with E-state index in [1.54, 1.807) is 17.7 Å². The van der Waals surface area contributed by atoms with Gasteiger partial charge in [0.25, 0.3) is 0 Å². The number of carbonyl (C=O) groups is 1. The first-order chi connectivity index (χ1) is 11.2. The molecule has 0 aliphatic carbocycles. The lowest BCUT2D eigenvalue weighted by atomic mass is 10.2. The largest absolute Gasteiger partial charge is 0.353 e. The Morgan fingerprint density at radius 3 is 2.87 bits per heavy atom. The standard InChI is InChI=1S/C16H23N5OS/c1-3-12(2)19-14(22)10-20-5-7-21(8-6-20)16-15-13(4-9-23-15)17-11-18-16/h4,9,11-12H,3,5-8,10H2,1-2H3,(H,19,22)/t12-/m0/s1. The van der Waals surface area contributed by atoms with E-state index in [1.165, 1.54) is 0 Å². The van der Waals surface area contributed by atoms with Crippen LogP contribution in [0.5, 0.6) is 0 Å². The van der Waals surface area contributed by atoms with Gasteiger partial charge in [0.05, 0.1) is 16.8 Å². The van der Waals surface area contributed by atoms with Crippen LogP contribution < -0.4 is 10.2 Å². The Hall–Kier alpha value is -1.73. The third kappa shape index (κ3) is 3.79. The van der Waals surface area contributed by atoms with Crippen molar-refractivity contribution in [2.45, 2.75) is 26.3 Å². The zero-order valence-corrected chi connectivity index (χ0v) is 14.5. The quantitative estimate of drug-likeness (QED) is 0.903. The topological polar surface area (TPSA) is 61.4 Å². The lowest BCUT2D eigenvalue weighted by molar-refractivity contribution is -0.122. The fraction of sp³-hybridized carbons (Fsp3) is 0.562. The number of piperazine rings is 1. The summed E-state index contributed by atoms with van der Waals surface area (Å²) in [4.78, 5) is 25.3. The van der Waals surface area contributed by atoms with E-state index in [4.69, 9.17) is 0 Å². The Kier molecular flexibility index (Phi) is 5.07. The van der Waals surface area contributed by atoms with Gasteiger partial charge in [-0.15, -0.1) is 11.3 Å². The zero-order valence-electron chi connectivity index (χ0n) is 13.7. The summed E-state index contributed by atoms with van der Waals surface area (Å²) >= 11 is 1.68. The number of fused-ring (bicyclic) bond motifs is 1. The number of carbonyl (C=O) groups excluding carboxylic acids is 1. The molecule has 0 bridgehead atoms. The summed E-state index contributed by atoms with van der Waals surface area (Å²) in [6.07, 6.45) is 2.60. The van der Waals surface area contributed by atoms with Crippen molar-refractivity contribution in [1.82, 2.24) is 20.2 Å². The van der Waals surface area contributed by atoms with E-state index in [1.807, 2.05) is 13.0 Å². The Bertz CT molecular complexity index is 665. The van der Waals surface area contributed by atoms with Gasteiger partial charge in [-0.25, -0.2) is 9.97 Å². The SMILES string of the molecule is CC[C@H](C)NC(=O)CN1CCN(c2ncnc3ccsc23)CC1. The molecule has 1 amide bonds. The summed E-state index contributed by atoms with van der Waals surface area (Å²) in [5.74, 6) is 1.14. The fourth-order valence-corrected chi connectivity index (χ4v) is 3.61. The highest BCUT2D eigenvalue weighted by Crippen LogP contribution is 2.28. The second-order valence-corrected chi connectivity index (χ2v) is 6.89. The summed E-state index contributed by atoms with van der Waals surface area (Å²) in [5.41, 5.74) is 1.01. The van der Waals surface area contributed by atoms with Gasteiger partial charge in [-0.05, 0) is 24.8 Å². The molecule has 3 heterocycles. The number of nitrogens with zero attached hydrogens (tertiary/aromatic N) is 4. The van der Waals surface area contributed by atoms with E-state index in [9.17, 15) is 4.79 Å². The number of rotatable bonds is 5. The van der Waals surface area contributed by atoms with Crippen LogP contribution in [0.15, 0.2) is 17.8 Å². The normalized spacial score (nSPS) is 17.4. The highest BCUT2D eigenvalue weighted by molar-refractivity contribution is 7.17. The predicted molar refractivity (Wildman–Crippen MR) is 94.0 cm³/mol. The molecule has 7 heteroatoms. The summed E-state index contributed by atoms with van der Waals surface area (Å²) in [6, 6.07) is 2.28. The van der Waals surface area contributed by atoms with E-state index in [-0.39, 0.29) is 11.9 Å². The van der Waals surface area contributed by atoms with Gasteiger partial charge in [0, 0.05) is 32.2 Å². The maximum atomic E-state index is 12.0. The van der Waals surface area contributed by atoms with Crippen LogP contribution in [0.1, 0.15) is 20.3 Å². The molecule has 1 N–H and O–H groups in total. The Balaban J connectivity index is 1.56. The molecule has 124 valence electrons. The van der Waals surface area contributed by atoms with Gasteiger partial charge >= 0.3 is 0 Å². The van der Waals surface area contributed by atoms with Crippen molar-refractivity contribution in [3.8, 4) is 0 Å². The number of hydrogen-bond donors (Lipinski definition) is 1. The lowest BCUT2D eigenvalue weighted by Crippen LogP contribution is -2.50. The van der Waals surface area contributed by atoms with Gasteiger partial charge in [-0.1, -0.05) is 6.92 Å². The van der Waals surface area contributed by atoms with Gasteiger partial charge in [0.2, 0.25) is 5.91 Å². The molecule has 0 aromatic carbocycles. The number of hydrogen-bond acceptors (Lipinski definition) is 6. The molecule has 1 fully saturated rings. The van der Waals surface area contributed by atoms with Crippen LogP contribution >= 0.6 is 11.3 Å². The van der Waals surface area contributed by atoms with Gasteiger partial charge in [0.15, 0.2) is 0 Å². The second kappa shape index (κ2) is 7.23. The van der Waals surface area contributed by atoms with Gasteiger partial charge in [-0.3, -0.25) is 9.69 Å². The molecule has 1 saturated heterocycles. The van der Waals surface area contributed by atoms with Gasteiger partial charge in [0.1, 0.15) is 12.1 Å². The minimum Gasteiger partial charge on any atom is -0.353 e. The minimum atomic E-state index is 0.121. The van der Waals surface area contributed by atoms with E-state index in [2.05, 4.69) is 37.4 Å². The van der Waals surface area contributed by atoms with Crippen LogP contribution in [0.4, 0.5) is 5.82 Å². The van der Waals surface area contributed by atoms with Crippen molar-refractivity contribution in [2.24, 2.45) is 0 Å². The first kappa shape index (κ1) is 16.1. The van der Waals surface area contributed by atoms with E-state index < -0.39 is 0 Å². The highest BCUT2D eigenvalue weighted by Gasteiger charge is 2.22. The monoisotopic (exact) mass is 333 g/mol. The number of nitrogens with one attached hydrogen (secondary N) is 1. The van der Waals surface area contributed by atoms with Gasteiger partial charge in [-0.2, -0.15) is 0 Å². The van der Waals surface area contributed by atoms with E-state index in [0.717, 1.165) is 48.6 Å². The molecule has 0 spiro atoms. The summed E-state index contributed by atoms with van der Waals surface area (Å²) in [7, 11) is 0. The number of amides is 1. The molecule has 0 unspecified atom stereocenters. The molecule has 6 nitrogen and oxygen atoms in total. The first-order valence-electron chi connectivity index (χ1n) is 8.12. The van der Waals surface area contributed by atoms with Crippen LogP contribution in [0, 0.1) is 0 Å². The molecule has 1 atom stereocenters. The summed E-state index contributed by atoms with van der Waals surface area (Å²) in [6.45, 7) is 8.14. The molecule has 2 aromatic rings. The third-order valence-corrected chi connectivity index (χ3v) is 5.18. The highest BCUT2D eigenvalue weighted by atomic mass is 32.1. The second-order valence-electron chi connectivity index (χ2n) is 5.97. The van der Waals surface area contributed by atoms with Crippen LogP contribution in [0.2, 0.25) is 0 Å². The average molecular weight is 333 g/mol. The summed E-state index contributed by atoms with van der Waals surface area (Å²) in [5, 5.41) is 5.08. The van der Waals surface area contributed by atoms with Gasteiger partial charge < -0.3 is 10.2 Å². The molecular formula is C16H23N5OS. The van der Waals surface area contributed by atoms with Crippen LogP contribution in [-0.4, -0.2) is 59.5 Å². The maximum Gasteiger partial charge on any atom is 0.234 e. The fourth-order valence-electron chi connectivity index (χ4n) is 2.74. The first-order valence-corrected chi connectivity index (χ1v) is 9.00. The van der Waals surface area contributed by atoms with Crippen LogP contribution in [-0.2, 0) is 4.79 Å². The molecular weight excluding hydrogens is 310 g/mol. The number of anilines is 1. The van der Waals surface area contributed by atoms with Crippen molar-refractivity contribution in [3.05, 3.63) is 17.8 Å². The third-order valence-electron chi connectivity index (χ3n) is 4.28. The van der Waals surface area contributed by atoms with E-state index >= 15 is 0 Å².